The number of ether oxygens (including phenoxy) is 1. The molecule has 1 aliphatic rings. The SMILES string of the molecule is CC(C)CN(Cc1nccs1)C(=O)C1=CC(=O)CC(C)(C)O1. The lowest BCUT2D eigenvalue weighted by atomic mass is 9.98. The Bertz CT molecular complexity index is 576. The lowest BCUT2D eigenvalue weighted by Crippen LogP contribution is -2.40. The molecule has 0 N–H and O–H groups in total. The van der Waals surface area contributed by atoms with E-state index in [1.54, 1.807) is 11.1 Å². The fraction of sp³-hybridized carbons (Fsp3) is 0.562. The second kappa shape index (κ2) is 6.60. The minimum atomic E-state index is -0.637. The topological polar surface area (TPSA) is 59.5 Å². The van der Waals surface area contributed by atoms with Crippen molar-refractivity contribution >= 4 is 23.0 Å². The first-order valence-electron chi connectivity index (χ1n) is 7.38. The monoisotopic (exact) mass is 322 g/mol. The van der Waals surface area contributed by atoms with Crippen LogP contribution in [0.2, 0.25) is 0 Å². The van der Waals surface area contributed by atoms with E-state index in [1.807, 2.05) is 33.1 Å². The van der Waals surface area contributed by atoms with Crippen molar-refractivity contribution in [1.29, 1.82) is 0 Å². The number of amides is 1. The van der Waals surface area contributed by atoms with Crippen LogP contribution in [0.15, 0.2) is 23.4 Å². The van der Waals surface area contributed by atoms with Crippen LogP contribution in [0, 0.1) is 5.92 Å². The van der Waals surface area contributed by atoms with Crippen LogP contribution in [0.1, 0.15) is 39.1 Å². The quantitative estimate of drug-likeness (QED) is 0.836. The van der Waals surface area contributed by atoms with E-state index in [-0.39, 0.29) is 17.4 Å². The van der Waals surface area contributed by atoms with Crippen molar-refractivity contribution in [2.24, 2.45) is 5.92 Å². The molecule has 0 unspecified atom stereocenters. The molecular weight excluding hydrogens is 300 g/mol. The zero-order valence-electron chi connectivity index (χ0n) is 13.5. The first-order valence-corrected chi connectivity index (χ1v) is 8.26. The van der Waals surface area contributed by atoms with E-state index in [9.17, 15) is 9.59 Å². The van der Waals surface area contributed by atoms with Gasteiger partial charge in [-0.25, -0.2) is 4.98 Å². The third-order valence-corrected chi connectivity index (χ3v) is 3.94. The van der Waals surface area contributed by atoms with Gasteiger partial charge in [0.2, 0.25) is 0 Å². The van der Waals surface area contributed by atoms with E-state index >= 15 is 0 Å². The number of carbonyl (C=O) groups is 2. The number of hydrogen-bond acceptors (Lipinski definition) is 5. The van der Waals surface area contributed by atoms with Gasteiger partial charge in [-0.2, -0.15) is 0 Å². The normalized spacial score (nSPS) is 17.1. The number of ketones is 1. The van der Waals surface area contributed by atoms with Crippen LogP contribution in [0.4, 0.5) is 0 Å². The maximum absolute atomic E-state index is 12.8. The molecule has 0 aliphatic carbocycles. The zero-order valence-corrected chi connectivity index (χ0v) is 14.3. The summed E-state index contributed by atoms with van der Waals surface area (Å²) in [7, 11) is 0. The van der Waals surface area contributed by atoms with Crippen molar-refractivity contribution in [2.75, 3.05) is 6.54 Å². The maximum atomic E-state index is 12.8. The van der Waals surface area contributed by atoms with Gasteiger partial charge >= 0.3 is 0 Å². The molecule has 0 atom stereocenters. The molecule has 120 valence electrons. The average molecular weight is 322 g/mol. The van der Waals surface area contributed by atoms with Crippen LogP contribution < -0.4 is 0 Å². The van der Waals surface area contributed by atoms with Crippen LogP contribution >= 0.6 is 11.3 Å². The summed E-state index contributed by atoms with van der Waals surface area (Å²) in [6.45, 7) is 8.76. The molecular formula is C16H22N2O3S. The van der Waals surface area contributed by atoms with Crippen molar-refractivity contribution in [3.05, 3.63) is 28.4 Å². The molecule has 0 fully saturated rings. The Morgan fingerprint density at radius 2 is 2.23 bits per heavy atom. The Balaban J connectivity index is 2.19. The van der Waals surface area contributed by atoms with Crippen molar-refractivity contribution in [1.82, 2.24) is 9.88 Å². The lowest BCUT2D eigenvalue weighted by molar-refractivity contribution is -0.139. The number of allylic oxidation sites excluding steroid dienone is 1. The molecule has 0 aromatic carbocycles. The van der Waals surface area contributed by atoms with Crippen molar-refractivity contribution < 1.29 is 14.3 Å². The number of aromatic nitrogens is 1. The van der Waals surface area contributed by atoms with E-state index in [4.69, 9.17) is 4.74 Å². The van der Waals surface area contributed by atoms with E-state index in [0.29, 0.717) is 25.4 Å². The van der Waals surface area contributed by atoms with Gasteiger partial charge < -0.3 is 9.64 Å². The smallest absolute Gasteiger partial charge is 0.289 e. The fourth-order valence-electron chi connectivity index (χ4n) is 2.40. The first kappa shape index (κ1) is 16.7. The van der Waals surface area contributed by atoms with E-state index < -0.39 is 5.60 Å². The fourth-order valence-corrected chi connectivity index (χ4v) is 3.03. The van der Waals surface area contributed by atoms with Crippen molar-refractivity contribution in [3.63, 3.8) is 0 Å². The van der Waals surface area contributed by atoms with Crippen LogP contribution in [0.3, 0.4) is 0 Å². The Morgan fingerprint density at radius 1 is 1.50 bits per heavy atom. The number of nitrogens with zero attached hydrogens (tertiary/aromatic N) is 2. The predicted octanol–water partition coefficient (Wildman–Crippen LogP) is 2.78. The summed E-state index contributed by atoms with van der Waals surface area (Å²) in [6, 6.07) is 0. The highest BCUT2D eigenvalue weighted by Gasteiger charge is 2.33. The Kier molecular flexibility index (Phi) is 5.01. The van der Waals surface area contributed by atoms with E-state index in [0.717, 1.165) is 5.01 Å². The lowest BCUT2D eigenvalue weighted by Gasteiger charge is -2.32. The Morgan fingerprint density at radius 3 is 2.77 bits per heavy atom. The minimum absolute atomic E-state index is 0.0710. The Labute approximate surface area is 135 Å². The van der Waals surface area contributed by atoms with Gasteiger partial charge in [0.1, 0.15) is 10.6 Å². The summed E-state index contributed by atoms with van der Waals surface area (Å²) >= 11 is 1.51. The third-order valence-electron chi connectivity index (χ3n) is 3.17. The second-order valence-electron chi connectivity index (χ2n) is 6.52. The molecule has 0 bridgehead atoms. The van der Waals surface area contributed by atoms with Crippen molar-refractivity contribution in [3.8, 4) is 0 Å². The summed E-state index contributed by atoms with van der Waals surface area (Å²) in [5, 5.41) is 2.76. The highest BCUT2D eigenvalue weighted by atomic mass is 32.1. The minimum Gasteiger partial charge on any atom is -0.481 e. The number of thiazole rings is 1. The van der Waals surface area contributed by atoms with Crippen molar-refractivity contribution in [2.45, 2.75) is 46.3 Å². The molecule has 1 aliphatic heterocycles. The summed E-state index contributed by atoms with van der Waals surface area (Å²) < 4.78 is 5.72. The van der Waals surface area contributed by atoms with Gasteiger partial charge in [-0.05, 0) is 19.8 Å². The van der Waals surface area contributed by atoms with Crippen LogP contribution in [-0.4, -0.2) is 33.7 Å². The Hall–Kier alpha value is -1.69. The summed E-state index contributed by atoms with van der Waals surface area (Å²) in [6.07, 6.45) is 3.34. The summed E-state index contributed by atoms with van der Waals surface area (Å²) in [5.41, 5.74) is -0.637. The van der Waals surface area contributed by atoms with Gasteiger partial charge in [0.15, 0.2) is 11.5 Å². The highest BCUT2D eigenvalue weighted by Crippen LogP contribution is 2.26. The molecule has 0 saturated carbocycles. The van der Waals surface area contributed by atoms with E-state index in [1.165, 1.54) is 17.4 Å². The van der Waals surface area contributed by atoms with Gasteiger partial charge in [-0.1, -0.05) is 13.8 Å². The van der Waals surface area contributed by atoms with Gasteiger partial charge in [-0.15, -0.1) is 11.3 Å². The number of hydrogen-bond donors (Lipinski definition) is 0. The molecule has 6 heteroatoms. The molecule has 0 radical (unpaired) electrons. The number of rotatable bonds is 5. The zero-order chi connectivity index (χ0) is 16.3. The van der Waals surface area contributed by atoms with E-state index in [2.05, 4.69) is 4.98 Å². The van der Waals surface area contributed by atoms with Crippen LogP contribution in [-0.2, 0) is 20.9 Å². The van der Waals surface area contributed by atoms with Gasteiger partial charge in [0.25, 0.3) is 5.91 Å². The molecule has 1 aromatic heterocycles. The third kappa shape index (κ3) is 4.40. The molecule has 2 heterocycles. The first-order chi connectivity index (χ1) is 10.3. The molecule has 2 rings (SSSR count). The maximum Gasteiger partial charge on any atom is 0.289 e. The predicted molar refractivity (Wildman–Crippen MR) is 85.2 cm³/mol. The second-order valence-corrected chi connectivity index (χ2v) is 7.50. The molecule has 1 amide bonds. The average Bonchev–Trinajstić information content (AvgIpc) is 2.87. The standard InChI is InChI=1S/C16H22N2O3S/c1-11(2)9-18(10-14-17-5-6-22-14)15(20)13-7-12(19)8-16(3,4)21-13/h5-7,11H,8-10H2,1-4H3. The molecule has 5 nitrogen and oxygen atoms in total. The van der Waals surface area contributed by atoms with Crippen LogP contribution in [0.25, 0.3) is 0 Å². The molecule has 22 heavy (non-hydrogen) atoms. The van der Waals surface area contributed by atoms with Gasteiger partial charge in [-0.3, -0.25) is 9.59 Å². The summed E-state index contributed by atoms with van der Waals surface area (Å²) in [5.74, 6) is 0.138. The van der Waals surface area contributed by atoms with Crippen LogP contribution in [0.5, 0.6) is 0 Å². The summed E-state index contributed by atoms with van der Waals surface area (Å²) in [4.78, 5) is 30.5. The number of carbonyl (C=O) groups excluding carboxylic acids is 2. The molecule has 0 spiro atoms. The largest absolute Gasteiger partial charge is 0.481 e. The highest BCUT2D eigenvalue weighted by molar-refractivity contribution is 7.09. The van der Waals surface area contributed by atoms with Gasteiger partial charge in [0.05, 0.1) is 6.54 Å². The van der Waals surface area contributed by atoms with Gasteiger partial charge in [0, 0.05) is 30.6 Å². The molecule has 0 saturated heterocycles. The molecule has 1 aromatic rings.